The molecule has 0 saturated heterocycles. The Labute approximate surface area is 125 Å². The molecule has 0 spiro atoms. The normalized spacial score (nSPS) is 16.1. The van der Waals surface area contributed by atoms with Crippen LogP contribution >= 0.6 is 0 Å². The Bertz CT molecular complexity index is 516. The maximum Gasteiger partial charge on any atom is 0.338 e. The lowest BCUT2D eigenvalue weighted by atomic mass is 9.70. The summed E-state index contributed by atoms with van der Waals surface area (Å²) in [7, 11) is 0. The van der Waals surface area contributed by atoms with E-state index in [9.17, 15) is 9.70 Å². The molecule has 4 nitrogen and oxygen atoms in total. The Morgan fingerprint density at radius 3 is 2.33 bits per heavy atom. The maximum absolute atomic E-state index is 11.9. The molecule has 0 aliphatic heterocycles. The van der Waals surface area contributed by atoms with Gasteiger partial charge in [0.1, 0.15) is 5.54 Å². The Morgan fingerprint density at radius 1 is 1.24 bits per heavy atom. The molecule has 1 rings (SSSR count). The van der Waals surface area contributed by atoms with E-state index in [0.29, 0.717) is 12.0 Å². The van der Waals surface area contributed by atoms with Crippen LogP contribution in [0.2, 0.25) is 0 Å². The van der Waals surface area contributed by atoms with E-state index >= 15 is 0 Å². The molecule has 0 aliphatic carbocycles. The van der Waals surface area contributed by atoms with Gasteiger partial charge in [-0.1, -0.05) is 42.5 Å². The molecule has 2 unspecified atom stereocenters. The SMILES string of the molecule is C=CC(C)(CCOC(=O)c1ccccc1)C(C)(C=C)N=O. The van der Waals surface area contributed by atoms with Gasteiger partial charge >= 0.3 is 5.97 Å². The molecule has 0 heterocycles. The Morgan fingerprint density at radius 2 is 1.86 bits per heavy atom. The van der Waals surface area contributed by atoms with Gasteiger partial charge in [0.15, 0.2) is 0 Å². The zero-order valence-corrected chi connectivity index (χ0v) is 12.5. The molecule has 112 valence electrons. The third-order valence-electron chi connectivity index (χ3n) is 4.06. The smallest absolute Gasteiger partial charge is 0.338 e. The van der Waals surface area contributed by atoms with E-state index in [1.165, 1.54) is 6.08 Å². The van der Waals surface area contributed by atoms with Crippen molar-refractivity contribution < 1.29 is 9.53 Å². The van der Waals surface area contributed by atoms with Crippen LogP contribution in [0.4, 0.5) is 0 Å². The van der Waals surface area contributed by atoms with E-state index in [0.717, 1.165) is 0 Å². The molecule has 2 atom stereocenters. The van der Waals surface area contributed by atoms with E-state index in [1.807, 2.05) is 13.0 Å². The lowest BCUT2D eigenvalue weighted by Gasteiger charge is -2.36. The molecule has 0 amide bonds. The van der Waals surface area contributed by atoms with Crippen LogP contribution < -0.4 is 0 Å². The second-order valence-electron chi connectivity index (χ2n) is 5.32. The van der Waals surface area contributed by atoms with Gasteiger partial charge in [0.05, 0.1) is 12.2 Å². The molecule has 0 aliphatic rings. The van der Waals surface area contributed by atoms with Crippen LogP contribution in [0, 0.1) is 10.3 Å². The van der Waals surface area contributed by atoms with Gasteiger partial charge in [0.25, 0.3) is 0 Å². The Balaban J connectivity index is 2.69. The second-order valence-corrected chi connectivity index (χ2v) is 5.32. The highest BCUT2D eigenvalue weighted by Crippen LogP contribution is 2.39. The molecule has 0 N–H and O–H groups in total. The van der Waals surface area contributed by atoms with Crippen molar-refractivity contribution in [2.45, 2.75) is 25.8 Å². The molecular weight excluding hydrogens is 266 g/mol. The first-order valence-electron chi connectivity index (χ1n) is 6.76. The van der Waals surface area contributed by atoms with E-state index in [4.69, 9.17) is 4.74 Å². The van der Waals surface area contributed by atoms with Crippen LogP contribution in [0.1, 0.15) is 30.6 Å². The number of hydrogen-bond donors (Lipinski definition) is 0. The lowest BCUT2D eigenvalue weighted by Crippen LogP contribution is -2.39. The maximum atomic E-state index is 11.9. The van der Waals surface area contributed by atoms with E-state index in [1.54, 1.807) is 37.3 Å². The molecule has 0 aromatic heterocycles. The first-order chi connectivity index (χ1) is 9.92. The summed E-state index contributed by atoms with van der Waals surface area (Å²) in [6.45, 7) is 11.1. The molecule has 0 saturated carbocycles. The largest absolute Gasteiger partial charge is 0.462 e. The lowest BCUT2D eigenvalue weighted by molar-refractivity contribution is 0.0447. The van der Waals surface area contributed by atoms with Gasteiger partial charge in [-0.25, -0.2) is 4.79 Å². The van der Waals surface area contributed by atoms with Crippen LogP contribution in [-0.2, 0) is 4.74 Å². The summed E-state index contributed by atoms with van der Waals surface area (Å²) in [6, 6.07) is 8.76. The number of carbonyl (C=O) groups is 1. The van der Waals surface area contributed by atoms with Gasteiger partial charge in [-0.2, -0.15) is 0 Å². The Kier molecular flexibility index (Phi) is 5.59. The first kappa shape index (κ1) is 16.8. The third-order valence-corrected chi connectivity index (χ3v) is 4.06. The summed E-state index contributed by atoms with van der Waals surface area (Å²) in [5, 5.41) is 3.16. The minimum atomic E-state index is -0.992. The van der Waals surface area contributed by atoms with Crippen LogP contribution in [0.3, 0.4) is 0 Å². The van der Waals surface area contributed by atoms with Crippen molar-refractivity contribution in [3.63, 3.8) is 0 Å². The van der Waals surface area contributed by atoms with Crippen LogP contribution in [-0.4, -0.2) is 18.1 Å². The fourth-order valence-electron chi connectivity index (χ4n) is 1.95. The number of ether oxygens (including phenoxy) is 1. The fraction of sp³-hybridized carbons (Fsp3) is 0.353. The van der Waals surface area contributed by atoms with Crippen molar-refractivity contribution in [3.8, 4) is 0 Å². The Hall–Kier alpha value is -2.23. The van der Waals surface area contributed by atoms with Gasteiger partial charge < -0.3 is 4.74 Å². The van der Waals surface area contributed by atoms with Crippen molar-refractivity contribution in [2.24, 2.45) is 10.6 Å². The molecular formula is C17H21NO3. The number of esters is 1. The number of hydrogen-bond acceptors (Lipinski definition) is 4. The average molecular weight is 287 g/mol. The molecule has 21 heavy (non-hydrogen) atoms. The summed E-state index contributed by atoms with van der Waals surface area (Å²) in [6.07, 6.45) is 3.59. The number of carbonyl (C=O) groups excluding carboxylic acids is 1. The highest BCUT2D eigenvalue weighted by Gasteiger charge is 2.41. The number of nitrogens with zero attached hydrogens (tertiary/aromatic N) is 1. The van der Waals surface area contributed by atoms with Gasteiger partial charge in [-0.15, -0.1) is 18.1 Å². The zero-order valence-electron chi connectivity index (χ0n) is 12.5. The summed E-state index contributed by atoms with van der Waals surface area (Å²) in [4.78, 5) is 23.0. The van der Waals surface area contributed by atoms with Crippen molar-refractivity contribution in [2.75, 3.05) is 6.61 Å². The summed E-state index contributed by atoms with van der Waals surface area (Å²) in [5.74, 6) is -0.388. The standard InChI is InChI=1S/C17H21NO3/c1-5-16(3,17(4,6-2)18-20)12-13-21-15(19)14-10-8-7-9-11-14/h5-11H,1-2,12-13H2,3-4H3. The fourth-order valence-corrected chi connectivity index (χ4v) is 1.95. The van der Waals surface area contributed by atoms with Gasteiger partial charge in [0, 0.05) is 5.41 Å². The van der Waals surface area contributed by atoms with Crippen LogP contribution in [0.5, 0.6) is 0 Å². The van der Waals surface area contributed by atoms with Crippen molar-refractivity contribution in [1.82, 2.24) is 0 Å². The average Bonchev–Trinajstić information content (AvgIpc) is 2.54. The van der Waals surface area contributed by atoms with Gasteiger partial charge in [-0.3, -0.25) is 0 Å². The van der Waals surface area contributed by atoms with Crippen molar-refractivity contribution in [1.29, 1.82) is 0 Å². The molecule has 1 aromatic carbocycles. The van der Waals surface area contributed by atoms with Crippen molar-refractivity contribution >= 4 is 5.97 Å². The van der Waals surface area contributed by atoms with Crippen LogP contribution in [0.25, 0.3) is 0 Å². The summed E-state index contributed by atoms with van der Waals surface area (Å²) in [5.41, 5.74) is -1.13. The highest BCUT2D eigenvalue weighted by atomic mass is 16.5. The minimum absolute atomic E-state index is 0.176. The molecule has 0 fully saturated rings. The van der Waals surface area contributed by atoms with E-state index in [-0.39, 0.29) is 12.6 Å². The predicted molar refractivity (Wildman–Crippen MR) is 84.0 cm³/mol. The van der Waals surface area contributed by atoms with E-state index < -0.39 is 11.0 Å². The van der Waals surface area contributed by atoms with Gasteiger partial charge in [-0.05, 0) is 25.5 Å². The molecule has 0 radical (unpaired) electrons. The summed E-state index contributed by atoms with van der Waals surface area (Å²) >= 11 is 0. The number of nitroso groups, excluding NO2 is 1. The predicted octanol–water partition coefficient (Wildman–Crippen LogP) is 4.14. The molecule has 4 heteroatoms. The minimum Gasteiger partial charge on any atom is -0.462 e. The second kappa shape index (κ2) is 6.97. The summed E-state index contributed by atoms with van der Waals surface area (Å²) < 4.78 is 5.25. The van der Waals surface area contributed by atoms with Crippen LogP contribution in [0.15, 0.2) is 60.8 Å². The van der Waals surface area contributed by atoms with E-state index in [2.05, 4.69) is 18.3 Å². The first-order valence-corrected chi connectivity index (χ1v) is 6.76. The topological polar surface area (TPSA) is 55.7 Å². The monoisotopic (exact) mass is 287 g/mol. The number of rotatable bonds is 8. The quantitative estimate of drug-likeness (QED) is 0.410. The molecule has 0 bridgehead atoms. The highest BCUT2D eigenvalue weighted by molar-refractivity contribution is 5.89. The van der Waals surface area contributed by atoms with Crippen molar-refractivity contribution in [3.05, 3.63) is 66.1 Å². The number of benzene rings is 1. The molecule has 1 aromatic rings. The third kappa shape index (κ3) is 3.66. The van der Waals surface area contributed by atoms with Gasteiger partial charge in [0.2, 0.25) is 0 Å². The zero-order chi connectivity index (χ0) is 15.9.